The van der Waals surface area contributed by atoms with Crippen molar-refractivity contribution >= 4 is 98.8 Å². The SMILES string of the molecule is N=C(N=C(NCn1c2ccccc2c2ccccc21)c1ccccc1)c1c(-n2c3cc4ccccc4cc3c3ccc4ccccc4c32)ccc2c1oc1ccccc12. The molecule has 2 N–H and O–H groups in total. The second-order valence-corrected chi connectivity index (χ2v) is 15.1. The molecular weight excluding hydrogens is 723 g/mol. The van der Waals surface area contributed by atoms with Crippen molar-refractivity contribution in [1.29, 1.82) is 5.41 Å². The Morgan fingerprint density at radius 1 is 0.508 bits per heavy atom. The first kappa shape index (κ1) is 33.2. The molecule has 0 aliphatic carbocycles. The highest BCUT2D eigenvalue weighted by Crippen LogP contribution is 2.42. The summed E-state index contributed by atoms with van der Waals surface area (Å²) in [4.78, 5) is 5.24. The van der Waals surface area contributed by atoms with Gasteiger partial charge in [0.2, 0.25) is 0 Å². The average Bonchev–Trinajstić information content (AvgIpc) is 3.94. The van der Waals surface area contributed by atoms with E-state index in [1.807, 2.05) is 48.5 Å². The van der Waals surface area contributed by atoms with Gasteiger partial charge in [-0.1, -0.05) is 146 Å². The lowest BCUT2D eigenvalue weighted by atomic mass is 10.0. The van der Waals surface area contributed by atoms with E-state index in [4.69, 9.17) is 9.41 Å². The lowest BCUT2D eigenvalue weighted by molar-refractivity contribution is 0.667. The fourth-order valence-corrected chi connectivity index (χ4v) is 9.20. The number of aliphatic imine (C=N–C) groups is 1. The molecule has 0 aliphatic heterocycles. The summed E-state index contributed by atoms with van der Waals surface area (Å²) in [5.74, 6) is 0.685. The van der Waals surface area contributed by atoms with Gasteiger partial charge in [0.1, 0.15) is 17.0 Å². The Balaban J connectivity index is 1.12. The molecule has 6 nitrogen and oxygen atoms in total. The smallest absolute Gasteiger partial charge is 0.160 e. The van der Waals surface area contributed by atoms with Crippen LogP contribution in [0.4, 0.5) is 0 Å². The maximum atomic E-state index is 10.1. The monoisotopic (exact) mass is 757 g/mol. The molecule has 3 aromatic heterocycles. The van der Waals surface area contributed by atoms with Gasteiger partial charge < -0.3 is 18.9 Å². The molecule has 0 saturated carbocycles. The third-order valence-corrected chi connectivity index (χ3v) is 11.9. The summed E-state index contributed by atoms with van der Waals surface area (Å²) in [6.07, 6.45) is 0. The van der Waals surface area contributed by atoms with Crippen molar-refractivity contribution in [3.05, 3.63) is 199 Å². The number of furan rings is 1. The zero-order valence-corrected chi connectivity index (χ0v) is 31.9. The van der Waals surface area contributed by atoms with Crippen molar-refractivity contribution in [2.24, 2.45) is 4.99 Å². The summed E-state index contributed by atoms with van der Waals surface area (Å²) in [5, 5.41) is 25.0. The Kier molecular flexibility index (Phi) is 7.34. The average molecular weight is 758 g/mol. The quantitative estimate of drug-likeness (QED) is 0.136. The van der Waals surface area contributed by atoms with Crippen molar-refractivity contribution in [2.75, 3.05) is 0 Å². The number of para-hydroxylation sites is 3. The molecule has 0 radical (unpaired) electrons. The van der Waals surface area contributed by atoms with Gasteiger partial charge in [-0.3, -0.25) is 5.41 Å². The van der Waals surface area contributed by atoms with E-state index in [-0.39, 0.29) is 5.84 Å². The van der Waals surface area contributed by atoms with Crippen molar-refractivity contribution in [1.82, 2.24) is 14.5 Å². The third-order valence-electron chi connectivity index (χ3n) is 11.9. The standard InChI is InChI=1S/C53H35N5O/c54-52(56-53(34-15-2-1-3-16-34)55-32-57-44-23-11-8-20-38(44)39-21-9-12-24-45(39)57)49-46(29-28-42-40-22-10-13-25-48(40)59-51(42)49)58-47-31-36-18-5-4-17-35(36)30-43(47)41-27-26-33-14-6-7-19-37(33)50(41)58/h1-31H,32H2,(H2,54,55,56). The normalized spacial score (nSPS) is 12.3. The molecule has 0 unspecified atom stereocenters. The molecule has 0 bridgehead atoms. The maximum absolute atomic E-state index is 10.1. The van der Waals surface area contributed by atoms with Crippen LogP contribution in [0.2, 0.25) is 0 Å². The molecule has 0 fully saturated rings. The summed E-state index contributed by atoms with van der Waals surface area (Å²) < 4.78 is 11.4. The van der Waals surface area contributed by atoms with E-state index in [0.717, 1.165) is 76.6 Å². The number of benzene rings is 9. The molecule has 0 aliphatic rings. The first-order valence-electron chi connectivity index (χ1n) is 19.9. The van der Waals surface area contributed by atoms with E-state index in [9.17, 15) is 5.41 Å². The van der Waals surface area contributed by atoms with Crippen LogP contribution in [-0.4, -0.2) is 20.8 Å². The van der Waals surface area contributed by atoms with Crippen LogP contribution in [0.25, 0.3) is 92.8 Å². The second-order valence-electron chi connectivity index (χ2n) is 15.1. The van der Waals surface area contributed by atoms with Crippen LogP contribution in [0, 0.1) is 5.41 Å². The van der Waals surface area contributed by atoms with Gasteiger partial charge in [0.05, 0.1) is 40.0 Å². The van der Waals surface area contributed by atoms with Crippen molar-refractivity contribution in [3.63, 3.8) is 0 Å². The van der Waals surface area contributed by atoms with E-state index in [1.54, 1.807) is 0 Å². The van der Waals surface area contributed by atoms with E-state index in [1.165, 1.54) is 16.2 Å². The summed E-state index contributed by atoms with van der Waals surface area (Å²) in [6, 6.07) is 65.6. The first-order valence-corrected chi connectivity index (χ1v) is 19.9. The van der Waals surface area contributed by atoms with Crippen LogP contribution in [0.5, 0.6) is 0 Å². The molecular formula is C53H35N5O. The molecule has 0 spiro atoms. The van der Waals surface area contributed by atoms with Gasteiger partial charge in [0, 0.05) is 43.3 Å². The third kappa shape index (κ3) is 5.13. The first-order chi connectivity index (χ1) is 29.2. The highest BCUT2D eigenvalue weighted by molar-refractivity contribution is 6.24. The molecule has 6 heteroatoms. The number of hydrogen-bond donors (Lipinski definition) is 2. The van der Waals surface area contributed by atoms with Crippen molar-refractivity contribution in [2.45, 2.75) is 6.67 Å². The molecule has 0 amide bonds. The topological polar surface area (TPSA) is 71.2 Å². The summed E-state index contributed by atoms with van der Waals surface area (Å²) in [5.41, 5.74) is 8.11. The zero-order valence-electron chi connectivity index (χ0n) is 31.9. The van der Waals surface area contributed by atoms with Crippen LogP contribution >= 0.6 is 0 Å². The van der Waals surface area contributed by atoms with Crippen LogP contribution in [0.1, 0.15) is 11.1 Å². The maximum Gasteiger partial charge on any atom is 0.160 e. The number of nitrogens with one attached hydrogen (secondary N) is 2. The largest absolute Gasteiger partial charge is 0.455 e. The number of hydrogen-bond acceptors (Lipinski definition) is 2. The highest BCUT2D eigenvalue weighted by atomic mass is 16.3. The molecule has 3 heterocycles. The Labute approximate surface area is 338 Å². The Morgan fingerprint density at radius 2 is 1.12 bits per heavy atom. The number of nitrogens with zero attached hydrogens (tertiary/aromatic N) is 3. The van der Waals surface area contributed by atoms with Gasteiger partial charge in [-0.15, -0.1) is 0 Å². The summed E-state index contributed by atoms with van der Waals surface area (Å²) >= 11 is 0. The fraction of sp³-hybridized carbons (Fsp3) is 0.0189. The minimum Gasteiger partial charge on any atom is -0.455 e. The summed E-state index contributed by atoms with van der Waals surface area (Å²) in [6.45, 7) is 0.447. The molecule has 278 valence electrons. The van der Waals surface area contributed by atoms with E-state index in [0.29, 0.717) is 23.7 Å². The van der Waals surface area contributed by atoms with Crippen LogP contribution in [0.15, 0.2) is 197 Å². The molecule has 59 heavy (non-hydrogen) atoms. The van der Waals surface area contributed by atoms with Gasteiger partial charge in [0.25, 0.3) is 0 Å². The van der Waals surface area contributed by atoms with Crippen LogP contribution < -0.4 is 5.32 Å². The Morgan fingerprint density at radius 3 is 1.88 bits per heavy atom. The number of rotatable bonds is 5. The minimum atomic E-state index is 0.0919. The zero-order chi connectivity index (χ0) is 39.0. The molecule has 0 atom stereocenters. The van der Waals surface area contributed by atoms with Crippen molar-refractivity contribution < 1.29 is 4.42 Å². The lowest BCUT2D eigenvalue weighted by Crippen LogP contribution is -2.28. The van der Waals surface area contributed by atoms with E-state index < -0.39 is 0 Å². The minimum absolute atomic E-state index is 0.0919. The van der Waals surface area contributed by atoms with Crippen LogP contribution in [0.3, 0.4) is 0 Å². The number of fused-ring (bicyclic) bond motifs is 12. The predicted octanol–water partition coefficient (Wildman–Crippen LogP) is 13.1. The lowest BCUT2D eigenvalue weighted by Gasteiger charge is -2.17. The van der Waals surface area contributed by atoms with Gasteiger partial charge in [-0.2, -0.15) is 0 Å². The molecule has 12 rings (SSSR count). The van der Waals surface area contributed by atoms with Crippen LogP contribution in [-0.2, 0) is 6.67 Å². The van der Waals surface area contributed by atoms with Gasteiger partial charge in [0.15, 0.2) is 5.84 Å². The Hall–Kier alpha value is -7.96. The van der Waals surface area contributed by atoms with Gasteiger partial charge in [-0.25, -0.2) is 4.99 Å². The van der Waals surface area contributed by atoms with Gasteiger partial charge >= 0.3 is 0 Å². The fourth-order valence-electron chi connectivity index (χ4n) is 9.20. The van der Waals surface area contributed by atoms with E-state index in [2.05, 4.69) is 154 Å². The second kappa shape index (κ2) is 13.0. The number of aromatic nitrogens is 2. The predicted molar refractivity (Wildman–Crippen MR) is 245 cm³/mol. The molecule has 0 saturated heterocycles. The van der Waals surface area contributed by atoms with Crippen molar-refractivity contribution in [3.8, 4) is 5.69 Å². The summed E-state index contributed by atoms with van der Waals surface area (Å²) in [7, 11) is 0. The Bertz CT molecular complexity index is 3650. The molecule has 9 aromatic carbocycles. The van der Waals surface area contributed by atoms with Gasteiger partial charge in [-0.05, 0) is 58.6 Å². The highest BCUT2D eigenvalue weighted by Gasteiger charge is 2.24. The van der Waals surface area contributed by atoms with E-state index >= 15 is 0 Å². The number of amidine groups is 2. The molecule has 12 aromatic rings.